The molecule has 0 spiro atoms. The maximum atomic E-state index is 11.8. The Morgan fingerprint density at radius 3 is 2.50 bits per heavy atom. The maximum absolute atomic E-state index is 11.8. The van der Waals surface area contributed by atoms with Crippen LogP contribution in [0.4, 0.5) is 0 Å². The zero-order chi connectivity index (χ0) is 16.7. The van der Waals surface area contributed by atoms with Gasteiger partial charge in [0.1, 0.15) is 5.78 Å². The molecule has 1 aliphatic rings. The van der Waals surface area contributed by atoms with E-state index < -0.39 is 0 Å². The molecule has 1 rings (SSSR count). The molecule has 1 aliphatic heterocycles. The smallest absolute Gasteiger partial charge is 0.222 e. The number of nitrogens with one attached hydrogen (secondary N) is 1. The van der Waals surface area contributed by atoms with Crippen LogP contribution in [0.25, 0.3) is 0 Å². The number of likely N-dealkylation sites (N-methyl/N-ethyl adjacent to an activating group) is 1. The number of Topliss-reactive ketones (excluding diaryl/α,β-unsaturated/α-hetero) is 1. The van der Waals surface area contributed by atoms with Gasteiger partial charge in [0.2, 0.25) is 11.8 Å². The fourth-order valence-corrected chi connectivity index (χ4v) is 4.47. The average Bonchev–Trinajstić information content (AvgIpc) is 2.74. The first-order chi connectivity index (χ1) is 10.3. The van der Waals surface area contributed by atoms with Gasteiger partial charge in [0, 0.05) is 37.4 Å². The monoisotopic (exact) mass is 328 g/mol. The van der Waals surface area contributed by atoms with E-state index in [1.54, 1.807) is 14.0 Å². The van der Waals surface area contributed by atoms with E-state index in [0.717, 1.165) is 25.0 Å². The van der Waals surface area contributed by atoms with E-state index in [-0.39, 0.29) is 30.2 Å². The van der Waals surface area contributed by atoms with Crippen LogP contribution >= 0.6 is 11.8 Å². The molecule has 0 saturated carbocycles. The molecule has 1 fully saturated rings. The highest BCUT2D eigenvalue weighted by Crippen LogP contribution is 2.35. The summed E-state index contributed by atoms with van der Waals surface area (Å²) in [4.78, 5) is 35.5. The van der Waals surface area contributed by atoms with E-state index in [0.29, 0.717) is 17.6 Å². The molecule has 1 saturated heterocycles. The summed E-state index contributed by atoms with van der Waals surface area (Å²) < 4.78 is 0. The molecule has 0 aliphatic carbocycles. The van der Waals surface area contributed by atoms with Crippen molar-refractivity contribution in [1.29, 1.82) is 0 Å². The van der Waals surface area contributed by atoms with Crippen LogP contribution in [0, 0.1) is 5.92 Å². The van der Waals surface area contributed by atoms with Crippen LogP contribution in [-0.4, -0.2) is 53.1 Å². The summed E-state index contributed by atoms with van der Waals surface area (Å²) >= 11 is 1.92. The Balaban J connectivity index is 2.21. The van der Waals surface area contributed by atoms with Gasteiger partial charge >= 0.3 is 0 Å². The molecule has 0 aromatic carbocycles. The summed E-state index contributed by atoms with van der Waals surface area (Å²) in [7, 11) is 1.68. The minimum atomic E-state index is 0.0102. The Bertz CT molecular complexity index is 414. The van der Waals surface area contributed by atoms with E-state index in [1.165, 1.54) is 11.8 Å². The number of amides is 2. The van der Waals surface area contributed by atoms with E-state index in [4.69, 9.17) is 0 Å². The number of ketones is 1. The lowest BCUT2D eigenvalue weighted by molar-refractivity contribution is -0.133. The van der Waals surface area contributed by atoms with Crippen molar-refractivity contribution in [2.45, 2.75) is 57.7 Å². The molecule has 126 valence electrons. The van der Waals surface area contributed by atoms with Crippen molar-refractivity contribution in [3.05, 3.63) is 0 Å². The highest BCUT2D eigenvalue weighted by Gasteiger charge is 2.33. The van der Waals surface area contributed by atoms with E-state index in [2.05, 4.69) is 12.2 Å². The topological polar surface area (TPSA) is 66.5 Å². The van der Waals surface area contributed by atoms with Crippen molar-refractivity contribution in [3.8, 4) is 0 Å². The zero-order valence-corrected chi connectivity index (χ0v) is 14.9. The van der Waals surface area contributed by atoms with Crippen molar-refractivity contribution in [3.63, 3.8) is 0 Å². The van der Waals surface area contributed by atoms with Crippen LogP contribution < -0.4 is 5.32 Å². The van der Waals surface area contributed by atoms with Crippen molar-refractivity contribution in [2.24, 2.45) is 5.92 Å². The standard InChI is InChI=1S/C16H28N2O3S/c1-11(19)9-18(4)16(21)8-6-5-7-15-12(2)14(10-22-15)17-13(3)20/h12,14-15H,5-10H2,1-4H3,(H,17,20)/t12-,14-,15-/m0/s1. The number of thioether (sulfide) groups is 1. The second kappa shape index (κ2) is 9.18. The summed E-state index contributed by atoms with van der Waals surface area (Å²) in [6.45, 7) is 5.45. The second-order valence-corrected chi connectivity index (χ2v) is 7.51. The Kier molecular flexibility index (Phi) is 7.93. The third-order valence-corrected chi connectivity index (χ3v) is 5.76. The number of carbonyl (C=O) groups excluding carboxylic acids is 3. The van der Waals surface area contributed by atoms with E-state index in [1.807, 2.05) is 11.8 Å². The molecule has 1 heterocycles. The summed E-state index contributed by atoms with van der Waals surface area (Å²) in [5.41, 5.74) is 0. The summed E-state index contributed by atoms with van der Waals surface area (Å²) in [5.74, 6) is 1.54. The fourth-order valence-electron chi connectivity index (χ4n) is 2.81. The predicted molar refractivity (Wildman–Crippen MR) is 89.8 cm³/mol. The molecule has 0 unspecified atom stereocenters. The Morgan fingerprint density at radius 1 is 1.23 bits per heavy atom. The lowest BCUT2D eigenvalue weighted by atomic mass is 9.96. The summed E-state index contributed by atoms with van der Waals surface area (Å²) in [6.07, 6.45) is 3.44. The average molecular weight is 328 g/mol. The zero-order valence-electron chi connectivity index (χ0n) is 14.1. The van der Waals surface area contributed by atoms with Crippen LogP contribution in [0.3, 0.4) is 0 Å². The third kappa shape index (κ3) is 6.38. The molecule has 3 atom stereocenters. The van der Waals surface area contributed by atoms with Crippen molar-refractivity contribution in [1.82, 2.24) is 10.2 Å². The molecule has 2 amide bonds. The van der Waals surface area contributed by atoms with Crippen LogP contribution in [0.15, 0.2) is 0 Å². The van der Waals surface area contributed by atoms with Gasteiger partial charge in [0.05, 0.1) is 6.54 Å². The van der Waals surface area contributed by atoms with E-state index >= 15 is 0 Å². The first-order valence-electron chi connectivity index (χ1n) is 7.93. The quantitative estimate of drug-likeness (QED) is 0.691. The number of hydrogen-bond donors (Lipinski definition) is 1. The van der Waals surface area contributed by atoms with Gasteiger partial charge in [0.25, 0.3) is 0 Å². The molecule has 0 aromatic rings. The number of carbonyl (C=O) groups is 3. The van der Waals surface area contributed by atoms with Gasteiger partial charge in [-0.3, -0.25) is 14.4 Å². The summed E-state index contributed by atoms with van der Waals surface area (Å²) in [6, 6.07) is 0.274. The number of nitrogens with zero attached hydrogens (tertiary/aromatic N) is 1. The normalized spacial score (nSPS) is 24.1. The van der Waals surface area contributed by atoms with Crippen LogP contribution in [-0.2, 0) is 14.4 Å². The summed E-state index contributed by atoms with van der Waals surface area (Å²) in [5, 5.41) is 3.57. The molecule has 0 aromatic heterocycles. The fraction of sp³-hybridized carbons (Fsp3) is 0.812. The van der Waals surface area contributed by atoms with E-state index in [9.17, 15) is 14.4 Å². The van der Waals surface area contributed by atoms with Gasteiger partial charge in [-0.05, 0) is 25.7 Å². The van der Waals surface area contributed by atoms with Gasteiger partial charge in [0.15, 0.2) is 0 Å². The Labute approximate surface area is 137 Å². The Morgan fingerprint density at radius 2 is 1.91 bits per heavy atom. The molecule has 5 nitrogen and oxygen atoms in total. The number of rotatable bonds is 8. The molecular formula is C16H28N2O3S. The van der Waals surface area contributed by atoms with Gasteiger partial charge < -0.3 is 10.2 Å². The van der Waals surface area contributed by atoms with Gasteiger partial charge in [-0.1, -0.05) is 13.3 Å². The van der Waals surface area contributed by atoms with Gasteiger partial charge in [-0.15, -0.1) is 0 Å². The van der Waals surface area contributed by atoms with Crippen LogP contribution in [0.1, 0.15) is 46.5 Å². The highest BCUT2D eigenvalue weighted by molar-refractivity contribution is 8.00. The van der Waals surface area contributed by atoms with Gasteiger partial charge in [-0.25, -0.2) is 0 Å². The second-order valence-electron chi connectivity index (χ2n) is 6.24. The molecule has 0 radical (unpaired) electrons. The number of hydrogen-bond acceptors (Lipinski definition) is 4. The SMILES string of the molecule is CC(=O)CN(C)C(=O)CCCC[C@@H]1SC[C@H](NC(C)=O)[C@@H]1C. The molecular weight excluding hydrogens is 300 g/mol. The predicted octanol–water partition coefficient (Wildman–Crippen LogP) is 1.85. The van der Waals surface area contributed by atoms with Crippen molar-refractivity contribution in [2.75, 3.05) is 19.3 Å². The minimum absolute atomic E-state index is 0.0102. The minimum Gasteiger partial charge on any atom is -0.352 e. The van der Waals surface area contributed by atoms with Crippen LogP contribution in [0.5, 0.6) is 0 Å². The lowest BCUT2D eigenvalue weighted by Gasteiger charge is -2.20. The third-order valence-electron chi connectivity index (χ3n) is 4.11. The van der Waals surface area contributed by atoms with Crippen molar-refractivity contribution < 1.29 is 14.4 Å². The highest BCUT2D eigenvalue weighted by atomic mass is 32.2. The largest absolute Gasteiger partial charge is 0.352 e. The molecule has 0 bridgehead atoms. The molecule has 6 heteroatoms. The van der Waals surface area contributed by atoms with Crippen LogP contribution in [0.2, 0.25) is 0 Å². The first-order valence-corrected chi connectivity index (χ1v) is 8.98. The maximum Gasteiger partial charge on any atom is 0.222 e. The lowest BCUT2D eigenvalue weighted by Crippen LogP contribution is -2.38. The number of unbranched alkanes of at least 4 members (excludes halogenated alkanes) is 1. The molecule has 1 N–H and O–H groups in total. The van der Waals surface area contributed by atoms with Gasteiger partial charge in [-0.2, -0.15) is 11.8 Å². The first kappa shape index (κ1) is 19.0. The molecule has 22 heavy (non-hydrogen) atoms. The Hall–Kier alpha value is -1.04. The van der Waals surface area contributed by atoms with Crippen molar-refractivity contribution >= 4 is 29.4 Å².